The number of rotatable bonds is 2. The molecule has 4 atom stereocenters. The summed E-state index contributed by atoms with van der Waals surface area (Å²) in [6.45, 7) is 1.40. The molecule has 7 heteroatoms. The van der Waals surface area contributed by atoms with Crippen LogP contribution in [0.4, 0.5) is 0 Å². The van der Waals surface area contributed by atoms with Crippen LogP contribution in [0, 0.1) is 5.92 Å². The molecule has 2 rings (SSSR count). The maximum Gasteiger partial charge on any atom is 0.325 e. The number of nitrogens with one attached hydrogen (secondary N) is 2. The Labute approximate surface area is 96.1 Å². The van der Waals surface area contributed by atoms with Crippen molar-refractivity contribution in [2.75, 3.05) is 6.61 Å². The minimum absolute atomic E-state index is 0.243. The van der Waals surface area contributed by atoms with Crippen molar-refractivity contribution in [3.63, 3.8) is 0 Å². The molecule has 7 nitrogen and oxygen atoms in total. The van der Waals surface area contributed by atoms with E-state index >= 15 is 0 Å². The first-order chi connectivity index (χ1) is 8.04. The van der Waals surface area contributed by atoms with Crippen LogP contribution in [0.15, 0.2) is 15.8 Å². The largest absolute Gasteiger partial charge is 0.394 e. The molecule has 2 heterocycles. The molecular formula is C10H14N2O5. The van der Waals surface area contributed by atoms with Crippen molar-refractivity contribution < 1.29 is 14.9 Å². The standard InChI is InChI=1S/C10H14N2O5/c1-4-7(14)6(3-13)17-8(4)5-2-11-10(16)12-9(5)15/h2,4,6-8,13-14H,3H2,1H3,(H2,11,12,15,16)/t4?,6-,7?,8-/m1/s1. The number of ether oxygens (including phenoxy) is 1. The minimum Gasteiger partial charge on any atom is -0.394 e. The molecule has 2 unspecified atom stereocenters. The Morgan fingerprint density at radius 3 is 2.71 bits per heavy atom. The van der Waals surface area contributed by atoms with Gasteiger partial charge in [-0.25, -0.2) is 4.79 Å². The van der Waals surface area contributed by atoms with Crippen LogP contribution < -0.4 is 11.2 Å². The van der Waals surface area contributed by atoms with Crippen molar-refractivity contribution >= 4 is 0 Å². The first-order valence-corrected chi connectivity index (χ1v) is 5.31. The first-order valence-electron chi connectivity index (χ1n) is 5.31. The predicted molar refractivity (Wildman–Crippen MR) is 57.6 cm³/mol. The summed E-state index contributed by atoms with van der Waals surface area (Å²) in [6, 6.07) is 0. The van der Waals surface area contributed by atoms with Gasteiger partial charge in [0.2, 0.25) is 0 Å². The van der Waals surface area contributed by atoms with Gasteiger partial charge in [-0.3, -0.25) is 9.78 Å². The second kappa shape index (κ2) is 4.44. The van der Waals surface area contributed by atoms with E-state index in [1.807, 2.05) is 0 Å². The molecule has 1 saturated heterocycles. The SMILES string of the molecule is CC1C(O)[C@@H](CO)O[C@H]1c1c[nH]c(=O)[nH]c1=O. The number of aromatic nitrogens is 2. The topological polar surface area (TPSA) is 115 Å². The predicted octanol–water partition coefficient (Wildman–Crippen LogP) is -1.51. The van der Waals surface area contributed by atoms with E-state index in [2.05, 4.69) is 9.97 Å². The first kappa shape index (κ1) is 12.0. The second-order valence-electron chi connectivity index (χ2n) is 4.15. The average Bonchev–Trinajstić information content (AvgIpc) is 2.57. The van der Waals surface area contributed by atoms with Crippen molar-refractivity contribution in [1.82, 2.24) is 9.97 Å². The lowest BCUT2D eigenvalue weighted by molar-refractivity contribution is -0.0230. The van der Waals surface area contributed by atoms with Gasteiger partial charge in [-0.15, -0.1) is 0 Å². The zero-order chi connectivity index (χ0) is 12.6. The van der Waals surface area contributed by atoms with Gasteiger partial charge in [0.05, 0.1) is 24.4 Å². The molecule has 1 aromatic heterocycles. The fraction of sp³-hybridized carbons (Fsp3) is 0.600. The summed E-state index contributed by atoms with van der Waals surface area (Å²) in [5.74, 6) is -0.334. The summed E-state index contributed by atoms with van der Waals surface area (Å²) in [6.07, 6.45) is -0.908. The van der Waals surface area contributed by atoms with Crippen molar-refractivity contribution in [3.8, 4) is 0 Å². The van der Waals surface area contributed by atoms with E-state index in [-0.39, 0.29) is 18.1 Å². The van der Waals surface area contributed by atoms with E-state index in [1.54, 1.807) is 6.92 Å². The number of hydrogen-bond donors (Lipinski definition) is 4. The summed E-state index contributed by atoms with van der Waals surface area (Å²) in [5, 5.41) is 18.8. The van der Waals surface area contributed by atoms with Crippen molar-refractivity contribution in [2.24, 2.45) is 5.92 Å². The summed E-state index contributed by atoms with van der Waals surface area (Å²) in [7, 11) is 0. The molecule has 94 valence electrons. The second-order valence-corrected chi connectivity index (χ2v) is 4.15. The van der Waals surface area contributed by atoms with Gasteiger partial charge in [-0.05, 0) is 0 Å². The molecule has 1 fully saturated rings. The van der Waals surface area contributed by atoms with E-state index in [4.69, 9.17) is 9.84 Å². The molecule has 0 amide bonds. The van der Waals surface area contributed by atoms with Crippen LogP contribution in [0.3, 0.4) is 0 Å². The smallest absolute Gasteiger partial charge is 0.325 e. The Hall–Kier alpha value is -1.44. The lowest BCUT2D eigenvalue weighted by atomic mass is 9.95. The van der Waals surface area contributed by atoms with Crippen LogP contribution in [0.1, 0.15) is 18.6 Å². The van der Waals surface area contributed by atoms with Crippen molar-refractivity contribution in [3.05, 3.63) is 32.6 Å². The average molecular weight is 242 g/mol. The fourth-order valence-electron chi connectivity index (χ4n) is 2.05. The Morgan fingerprint density at radius 1 is 1.47 bits per heavy atom. The highest BCUT2D eigenvalue weighted by Gasteiger charge is 2.42. The Morgan fingerprint density at radius 2 is 2.18 bits per heavy atom. The molecule has 0 saturated carbocycles. The summed E-state index contributed by atoms with van der Waals surface area (Å²) in [5.41, 5.74) is -0.896. The summed E-state index contributed by atoms with van der Waals surface area (Å²) >= 11 is 0. The number of aliphatic hydroxyl groups is 2. The van der Waals surface area contributed by atoms with Crippen molar-refractivity contribution in [1.29, 1.82) is 0 Å². The zero-order valence-corrected chi connectivity index (χ0v) is 9.21. The van der Waals surface area contributed by atoms with Gasteiger partial charge in [0.1, 0.15) is 6.10 Å². The van der Waals surface area contributed by atoms with Gasteiger partial charge in [0.25, 0.3) is 5.56 Å². The van der Waals surface area contributed by atoms with Crippen molar-refractivity contribution in [2.45, 2.75) is 25.2 Å². The lowest BCUT2D eigenvalue weighted by Crippen LogP contribution is -2.29. The van der Waals surface area contributed by atoms with Crippen LogP contribution in [-0.4, -0.2) is 39.0 Å². The third kappa shape index (κ3) is 2.04. The molecule has 0 aliphatic carbocycles. The van der Waals surface area contributed by atoms with Crippen LogP contribution in [-0.2, 0) is 4.74 Å². The van der Waals surface area contributed by atoms with E-state index in [0.717, 1.165) is 0 Å². The molecule has 4 N–H and O–H groups in total. The van der Waals surface area contributed by atoms with Gasteiger partial charge in [-0.1, -0.05) is 6.92 Å². The Kier molecular flexibility index (Phi) is 3.14. The van der Waals surface area contributed by atoms with E-state index in [1.165, 1.54) is 6.20 Å². The number of aromatic amines is 2. The number of hydrogen-bond acceptors (Lipinski definition) is 5. The lowest BCUT2D eigenvalue weighted by Gasteiger charge is -2.14. The zero-order valence-electron chi connectivity index (χ0n) is 9.21. The Bertz CT molecular complexity index is 508. The van der Waals surface area contributed by atoms with Gasteiger partial charge in [0, 0.05) is 12.1 Å². The Balaban J connectivity index is 2.35. The van der Waals surface area contributed by atoms with Crippen LogP contribution in [0.5, 0.6) is 0 Å². The van der Waals surface area contributed by atoms with Crippen LogP contribution in [0.25, 0.3) is 0 Å². The molecule has 0 spiro atoms. The molecule has 17 heavy (non-hydrogen) atoms. The molecule has 1 aliphatic heterocycles. The highest BCUT2D eigenvalue weighted by atomic mass is 16.5. The maximum atomic E-state index is 11.6. The van der Waals surface area contributed by atoms with Gasteiger partial charge in [-0.2, -0.15) is 0 Å². The van der Waals surface area contributed by atoms with E-state index < -0.39 is 29.6 Å². The highest BCUT2D eigenvalue weighted by molar-refractivity contribution is 5.12. The van der Waals surface area contributed by atoms with Gasteiger partial charge >= 0.3 is 5.69 Å². The molecule has 0 bridgehead atoms. The van der Waals surface area contributed by atoms with Crippen LogP contribution in [0.2, 0.25) is 0 Å². The highest BCUT2D eigenvalue weighted by Crippen LogP contribution is 2.36. The minimum atomic E-state index is -0.837. The third-order valence-corrected chi connectivity index (χ3v) is 3.05. The van der Waals surface area contributed by atoms with E-state index in [9.17, 15) is 14.7 Å². The molecule has 0 radical (unpaired) electrons. The van der Waals surface area contributed by atoms with E-state index in [0.29, 0.717) is 0 Å². The van der Waals surface area contributed by atoms with Gasteiger partial charge < -0.3 is 19.9 Å². The molecule has 1 aliphatic rings. The quantitative estimate of drug-likeness (QED) is 0.503. The molecule has 0 aromatic carbocycles. The van der Waals surface area contributed by atoms with Gasteiger partial charge in [0.15, 0.2) is 0 Å². The third-order valence-electron chi connectivity index (χ3n) is 3.05. The monoisotopic (exact) mass is 242 g/mol. The number of aliphatic hydroxyl groups excluding tert-OH is 2. The summed E-state index contributed by atoms with van der Waals surface area (Å²) in [4.78, 5) is 26.9. The normalized spacial score (nSPS) is 32.9. The maximum absolute atomic E-state index is 11.6. The number of H-pyrrole nitrogens is 2. The van der Waals surface area contributed by atoms with Crippen LogP contribution >= 0.6 is 0 Å². The summed E-state index contributed by atoms with van der Waals surface area (Å²) < 4.78 is 5.40. The molecule has 1 aromatic rings. The fourth-order valence-corrected chi connectivity index (χ4v) is 2.05. The molecular weight excluding hydrogens is 228 g/mol.